The Labute approximate surface area is 81.8 Å². The predicted octanol–water partition coefficient (Wildman–Crippen LogP) is 1.87. The summed E-state index contributed by atoms with van der Waals surface area (Å²) in [4.78, 5) is 16.0. The van der Waals surface area contributed by atoms with Crippen LogP contribution < -0.4 is 0 Å². The molecular weight excluding hydrogens is 176 g/mol. The second-order valence-electron chi connectivity index (χ2n) is 4.12. The molecule has 0 radical (unpaired) electrons. The van der Waals surface area contributed by atoms with Gasteiger partial charge in [0.2, 0.25) is 0 Å². The molecular formula is C10H12N4. The maximum atomic E-state index is 4.44. The van der Waals surface area contributed by atoms with Crippen molar-refractivity contribution in [1.29, 1.82) is 0 Å². The average molecular weight is 188 g/mol. The fourth-order valence-corrected chi connectivity index (χ4v) is 2.08. The van der Waals surface area contributed by atoms with E-state index in [9.17, 15) is 0 Å². The van der Waals surface area contributed by atoms with Crippen molar-refractivity contribution in [2.75, 3.05) is 0 Å². The molecule has 0 amide bonds. The van der Waals surface area contributed by atoms with E-state index in [-0.39, 0.29) is 0 Å². The van der Waals surface area contributed by atoms with Crippen LogP contribution >= 0.6 is 0 Å². The third-order valence-electron chi connectivity index (χ3n) is 2.91. The summed E-state index contributed by atoms with van der Waals surface area (Å²) in [5, 5.41) is 0. The lowest BCUT2D eigenvalue weighted by molar-refractivity contribution is 0.279. The highest BCUT2D eigenvalue weighted by Gasteiger charge is 2.29. The summed E-state index contributed by atoms with van der Waals surface area (Å²) in [6, 6.07) is 0. The van der Waals surface area contributed by atoms with Gasteiger partial charge >= 0.3 is 0 Å². The number of imidazole rings is 1. The van der Waals surface area contributed by atoms with Crippen molar-refractivity contribution in [3.63, 3.8) is 0 Å². The normalized spacial score (nSPS) is 26.4. The molecule has 4 heteroatoms. The van der Waals surface area contributed by atoms with E-state index in [1.807, 2.05) is 0 Å². The zero-order valence-corrected chi connectivity index (χ0v) is 8.07. The van der Waals surface area contributed by atoms with Crippen molar-refractivity contribution in [2.45, 2.75) is 25.7 Å². The van der Waals surface area contributed by atoms with Crippen molar-refractivity contribution >= 4 is 11.3 Å². The van der Waals surface area contributed by atoms with E-state index < -0.39 is 0 Å². The quantitative estimate of drug-likeness (QED) is 0.743. The first-order valence-corrected chi connectivity index (χ1v) is 4.99. The first kappa shape index (κ1) is 7.91. The molecule has 1 aliphatic carbocycles. The number of H-pyrrole nitrogens is 1. The van der Waals surface area contributed by atoms with Crippen LogP contribution in [0.1, 0.15) is 31.5 Å². The van der Waals surface area contributed by atoms with Crippen LogP contribution in [-0.4, -0.2) is 19.9 Å². The Hall–Kier alpha value is -1.45. The van der Waals surface area contributed by atoms with Gasteiger partial charge in [-0.25, -0.2) is 15.0 Å². The van der Waals surface area contributed by atoms with Crippen LogP contribution in [0.15, 0.2) is 12.4 Å². The topological polar surface area (TPSA) is 54.5 Å². The average Bonchev–Trinajstić information content (AvgIpc) is 2.55. The number of nitrogens with one attached hydrogen (secondary N) is 1. The van der Waals surface area contributed by atoms with Crippen LogP contribution in [-0.2, 0) is 0 Å². The number of rotatable bonds is 1. The van der Waals surface area contributed by atoms with Crippen LogP contribution in [0.4, 0.5) is 0 Å². The van der Waals surface area contributed by atoms with Crippen molar-refractivity contribution in [2.24, 2.45) is 5.92 Å². The summed E-state index contributed by atoms with van der Waals surface area (Å²) < 4.78 is 0. The summed E-state index contributed by atoms with van der Waals surface area (Å²) in [5.74, 6) is 2.50. The van der Waals surface area contributed by atoms with Crippen LogP contribution in [0.5, 0.6) is 0 Å². The minimum atomic E-state index is 0.598. The Morgan fingerprint density at radius 3 is 2.79 bits per heavy atom. The summed E-state index contributed by atoms with van der Waals surface area (Å²) in [6.07, 6.45) is 5.84. The highest BCUT2D eigenvalue weighted by Crippen LogP contribution is 2.39. The van der Waals surface area contributed by atoms with Crippen LogP contribution in [0, 0.1) is 5.92 Å². The summed E-state index contributed by atoms with van der Waals surface area (Å²) in [5.41, 5.74) is 1.55. The molecule has 3 rings (SSSR count). The second kappa shape index (κ2) is 2.77. The van der Waals surface area contributed by atoms with Crippen molar-refractivity contribution in [3.05, 3.63) is 18.2 Å². The molecule has 0 aliphatic heterocycles. The van der Waals surface area contributed by atoms with Gasteiger partial charge in [-0.2, -0.15) is 0 Å². The van der Waals surface area contributed by atoms with E-state index in [0.29, 0.717) is 5.92 Å². The highest BCUT2D eigenvalue weighted by molar-refractivity contribution is 5.64. The fourth-order valence-electron chi connectivity index (χ4n) is 2.08. The van der Waals surface area contributed by atoms with Gasteiger partial charge in [-0.15, -0.1) is 0 Å². The zero-order valence-electron chi connectivity index (χ0n) is 8.07. The maximum absolute atomic E-state index is 4.44. The smallest absolute Gasteiger partial charge is 0.197 e. The van der Waals surface area contributed by atoms with E-state index >= 15 is 0 Å². The van der Waals surface area contributed by atoms with E-state index in [0.717, 1.165) is 23.0 Å². The number of aromatic nitrogens is 4. The van der Waals surface area contributed by atoms with Crippen molar-refractivity contribution in [3.8, 4) is 0 Å². The molecule has 72 valence electrons. The molecule has 0 unspecified atom stereocenters. The molecule has 0 atom stereocenters. The maximum Gasteiger partial charge on any atom is 0.197 e. The van der Waals surface area contributed by atoms with Gasteiger partial charge in [0.25, 0.3) is 0 Å². The molecule has 0 aromatic carbocycles. The molecule has 14 heavy (non-hydrogen) atoms. The molecule has 1 saturated carbocycles. The lowest BCUT2D eigenvalue weighted by Crippen LogP contribution is -2.19. The number of fused-ring (bicyclic) bond motifs is 1. The standard InChI is InChI=1S/C10H12N4/c1-6-4-7(5-6)8-13-9-10(14-8)12-3-2-11-9/h2-3,6-7H,4-5H2,1H3,(H,11,12,13,14). The molecule has 1 fully saturated rings. The highest BCUT2D eigenvalue weighted by atomic mass is 15.0. The monoisotopic (exact) mass is 188 g/mol. The summed E-state index contributed by atoms with van der Waals surface area (Å²) >= 11 is 0. The van der Waals surface area contributed by atoms with Crippen molar-refractivity contribution < 1.29 is 0 Å². The number of hydrogen-bond donors (Lipinski definition) is 1. The molecule has 0 saturated heterocycles. The fraction of sp³-hybridized carbons (Fsp3) is 0.500. The molecule has 1 aliphatic rings. The Morgan fingerprint density at radius 1 is 1.29 bits per heavy atom. The third-order valence-corrected chi connectivity index (χ3v) is 2.91. The van der Waals surface area contributed by atoms with Crippen LogP contribution in [0.3, 0.4) is 0 Å². The first-order chi connectivity index (χ1) is 6.83. The minimum Gasteiger partial charge on any atom is -0.325 e. The van der Waals surface area contributed by atoms with Gasteiger partial charge in [-0.1, -0.05) is 6.92 Å². The largest absolute Gasteiger partial charge is 0.325 e. The van der Waals surface area contributed by atoms with Gasteiger partial charge in [0.05, 0.1) is 0 Å². The predicted molar refractivity (Wildman–Crippen MR) is 52.8 cm³/mol. The van der Waals surface area contributed by atoms with Crippen LogP contribution in [0.25, 0.3) is 11.3 Å². The Balaban J connectivity index is 1.99. The Morgan fingerprint density at radius 2 is 2.07 bits per heavy atom. The molecule has 4 nitrogen and oxygen atoms in total. The number of hydrogen-bond acceptors (Lipinski definition) is 3. The van der Waals surface area contributed by atoms with Gasteiger partial charge in [-0.3, -0.25) is 0 Å². The first-order valence-electron chi connectivity index (χ1n) is 4.99. The summed E-state index contributed by atoms with van der Waals surface area (Å²) in [6.45, 7) is 2.27. The molecule has 2 aromatic rings. The number of nitrogens with zero attached hydrogens (tertiary/aromatic N) is 3. The van der Waals surface area contributed by atoms with E-state index in [4.69, 9.17) is 0 Å². The molecule has 0 bridgehead atoms. The lowest BCUT2D eigenvalue weighted by Gasteiger charge is -2.30. The van der Waals surface area contributed by atoms with Gasteiger partial charge in [0, 0.05) is 18.3 Å². The van der Waals surface area contributed by atoms with E-state index in [1.54, 1.807) is 12.4 Å². The van der Waals surface area contributed by atoms with Gasteiger partial charge in [-0.05, 0) is 18.8 Å². The molecule has 2 aromatic heterocycles. The van der Waals surface area contributed by atoms with E-state index in [1.165, 1.54) is 12.8 Å². The molecule has 0 spiro atoms. The van der Waals surface area contributed by atoms with Gasteiger partial charge in [0.1, 0.15) is 5.82 Å². The molecule has 1 N–H and O–H groups in total. The van der Waals surface area contributed by atoms with Gasteiger partial charge < -0.3 is 4.98 Å². The minimum absolute atomic E-state index is 0.598. The van der Waals surface area contributed by atoms with Gasteiger partial charge in [0.15, 0.2) is 11.3 Å². The van der Waals surface area contributed by atoms with Crippen LogP contribution in [0.2, 0.25) is 0 Å². The SMILES string of the molecule is CC1CC(c2nc3nccnc3[nH]2)C1. The second-order valence-corrected chi connectivity index (χ2v) is 4.12. The van der Waals surface area contributed by atoms with Crippen molar-refractivity contribution in [1.82, 2.24) is 19.9 Å². The summed E-state index contributed by atoms with van der Waals surface area (Å²) in [7, 11) is 0. The number of aromatic amines is 1. The Bertz CT molecular complexity index is 423. The Kier molecular flexibility index (Phi) is 1.56. The third kappa shape index (κ3) is 1.10. The lowest BCUT2D eigenvalue weighted by atomic mass is 9.76. The zero-order chi connectivity index (χ0) is 9.54. The van der Waals surface area contributed by atoms with E-state index in [2.05, 4.69) is 26.9 Å². The molecule has 2 heterocycles.